The highest BCUT2D eigenvalue weighted by Crippen LogP contribution is 2.22. The van der Waals surface area contributed by atoms with Crippen molar-refractivity contribution in [1.29, 1.82) is 0 Å². The van der Waals surface area contributed by atoms with Crippen LogP contribution in [0.25, 0.3) is 11.8 Å². The Morgan fingerprint density at radius 3 is 2.67 bits per heavy atom. The zero-order chi connectivity index (χ0) is 19.3. The van der Waals surface area contributed by atoms with Gasteiger partial charge in [-0.3, -0.25) is 4.68 Å². The van der Waals surface area contributed by atoms with E-state index in [-0.39, 0.29) is 5.41 Å². The number of allylic oxidation sites excluding steroid dienone is 1. The van der Waals surface area contributed by atoms with E-state index >= 15 is 0 Å². The maximum absolute atomic E-state index is 4.46. The Balaban J connectivity index is 1.57. The molecule has 5 heteroatoms. The predicted molar refractivity (Wildman–Crippen MR) is 118 cm³/mol. The molecule has 0 bridgehead atoms. The summed E-state index contributed by atoms with van der Waals surface area (Å²) < 4.78 is 5.58. The second-order valence-corrected chi connectivity index (χ2v) is 9.62. The molecule has 0 radical (unpaired) electrons. The summed E-state index contributed by atoms with van der Waals surface area (Å²) in [5, 5.41) is 6.85. The number of aryl methyl sites for hydroxylation is 1. The molecular weight excluding hydrogens is 352 g/mol. The van der Waals surface area contributed by atoms with E-state index in [4.69, 9.17) is 0 Å². The first-order chi connectivity index (χ1) is 13.0. The highest BCUT2D eigenvalue weighted by Gasteiger charge is 2.17. The average Bonchev–Trinajstić information content (AvgIpc) is 2.87. The smallest absolute Gasteiger partial charge is 0.0915 e. The number of nitrogens with one attached hydrogen (secondary N) is 1. The summed E-state index contributed by atoms with van der Waals surface area (Å²) in [6.45, 7) is 5.61. The topological polar surface area (TPSA) is 33.1 Å². The maximum Gasteiger partial charge on any atom is 0.0915 e. The zero-order valence-electron chi connectivity index (χ0n) is 17.5. The minimum Gasteiger partial charge on any atom is -0.328 e. The van der Waals surface area contributed by atoms with E-state index < -0.39 is 0 Å². The average molecular weight is 389 g/mol. The van der Waals surface area contributed by atoms with Gasteiger partial charge in [0.25, 0.3) is 0 Å². The van der Waals surface area contributed by atoms with Crippen LogP contribution in [0.2, 0.25) is 0 Å². The molecule has 1 aromatic heterocycles. The zero-order valence-corrected chi connectivity index (χ0v) is 18.3. The van der Waals surface area contributed by atoms with E-state index in [0.29, 0.717) is 0 Å². The van der Waals surface area contributed by atoms with Gasteiger partial charge < -0.3 is 9.62 Å². The summed E-state index contributed by atoms with van der Waals surface area (Å²) in [4.78, 5) is 2.58. The summed E-state index contributed by atoms with van der Waals surface area (Å²) in [5.74, 6) is 1.09. The van der Waals surface area contributed by atoms with Crippen LogP contribution in [0.5, 0.6) is 0 Å². The molecule has 3 rings (SSSR count). The Morgan fingerprint density at radius 1 is 1.22 bits per heavy atom. The van der Waals surface area contributed by atoms with Gasteiger partial charge in [-0.05, 0) is 26.0 Å². The van der Waals surface area contributed by atoms with Crippen molar-refractivity contribution in [3.63, 3.8) is 0 Å². The van der Waals surface area contributed by atoms with Crippen LogP contribution in [0.15, 0.2) is 18.3 Å². The maximum atomic E-state index is 4.46. The first-order valence-electron chi connectivity index (χ1n) is 10.5. The predicted octanol–water partition coefficient (Wildman–Crippen LogP) is 3.19. The minimum atomic E-state index is 0.0459. The normalized spacial score (nSPS) is 20.6. The lowest BCUT2D eigenvalue weighted by Crippen LogP contribution is -2.35. The van der Waals surface area contributed by atoms with Crippen molar-refractivity contribution in [2.75, 3.05) is 19.3 Å². The Bertz CT molecular complexity index is 754. The number of rotatable bonds is 6. The van der Waals surface area contributed by atoms with Crippen LogP contribution < -0.4 is 15.3 Å². The van der Waals surface area contributed by atoms with Crippen molar-refractivity contribution >= 4 is 23.7 Å². The molecule has 0 unspecified atom stereocenters. The number of aromatic nitrogens is 2. The fourth-order valence-corrected chi connectivity index (χ4v) is 4.98. The number of hydrogen-bond acceptors (Lipinski definition) is 4. The fourth-order valence-electron chi connectivity index (χ4n) is 4.17. The van der Waals surface area contributed by atoms with Gasteiger partial charge in [0.1, 0.15) is 0 Å². The van der Waals surface area contributed by atoms with Crippen LogP contribution in [0.1, 0.15) is 58.8 Å². The highest BCUT2D eigenvalue weighted by molar-refractivity contribution is 7.97. The summed E-state index contributed by atoms with van der Waals surface area (Å²) >= 11 is 1.81. The molecule has 2 aliphatic carbocycles. The van der Waals surface area contributed by atoms with Gasteiger partial charge >= 0.3 is 0 Å². The third-order valence-corrected chi connectivity index (χ3v) is 6.61. The van der Waals surface area contributed by atoms with E-state index in [2.05, 4.69) is 53.8 Å². The lowest BCUT2D eigenvalue weighted by atomic mass is 9.93. The summed E-state index contributed by atoms with van der Waals surface area (Å²) in [6, 6.07) is 0.774. The molecular formula is C22H36N4S. The summed E-state index contributed by atoms with van der Waals surface area (Å²) in [5.41, 5.74) is 1.20. The molecule has 4 nitrogen and oxygen atoms in total. The van der Waals surface area contributed by atoms with Gasteiger partial charge in [-0.2, -0.15) is 5.10 Å². The van der Waals surface area contributed by atoms with Gasteiger partial charge in [-0.15, -0.1) is 0 Å². The van der Waals surface area contributed by atoms with Crippen LogP contribution in [0, 0.1) is 5.41 Å². The SMILES string of the molecule is CN(CCSNC1=c2c(cnn2C)=CC(C)(C)C=C1)C1CCCCCCC1. The lowest BCUT2D eigenvalue weighted by Gasteiger charge is -2.29. The van der Waals surface area contributed by atoms with Gasteiger partial charge in [0, 0.05) is 36.0 Å². The van der Waals surface area contributed by atoms with Crippen LogP contribution >= 0.6 is 11.9 Å². The Morgan fingerprint density at radius 2 is 1.93 bits per heavy atom. The molecule has 150 valence electrons. The van der Waals surface area contributed by atoms with Crippen LogP contribution in [0.4, 0.5) is 0 Å². The first-order valence-corrected chi connectivity index (χ1v) is 11.5. The molecule has 1 N–H and O–H groups in total. The lowest BCUT2D eigenvalue weighted by molar-refractivity contribution is 0.214. The highest BCUT2D eigenvalue weighted by atomic mass is 32.2. The van der Waals surface area contributed by atoms with E-state index in [9.17, 15) is 0 Å². The largest absolute Gasteiger partial charge is 0.328 e. The second-order valence-electron chi connectivity index (χ2n) is 8.71. The van der Waals surface area contributed by atoms with Gasteiger partial charge in [0.2, 0.25) is 0 Å². The van der Waals surface area contributed by atoms with Crippen molar-refractivity contribution in [1.82, 2.24) is 19.4 Å². The molecule has 0 saturated heterocycles. The van der Waals surface area contributed by atoms with E-state index in [1.54, 1.807) is 0 Å². The Hall–Kier alpha value is -1.20. The monoisotopic (exact) mass is 388 g/mol. The molecule has 1 saturated carbocycles. The van der Waals surface area contributed by atoms with E-state index in [1.165, 1.54) is 55.5 Å². The van der Waals surface area contributed by atoms with Gasteiger partial charge in [0.05, 0.1) is 17.2 Å². The quantitative estimate of drug-likeness (QED) is 0.599. The molecule has 0 aliphatic heterocycles. The molecule has 27 heavy (non-hydrogen) atoms. The Kier molecular flexibility index (Phi) is 7.10. The van der Waals surface area contributed by atoms with Gasteiger partial charge in [-0.25, -0.2) is 0 Å². The number of nitrogens with zero attached hydrogens (tertiary/aromatic N) is 3. The van der Waals surface area contributed by atoms with E-state index in [1.807, 2.05) is 29.9 Å². The molecule has 0 atom stereocenters. The molecule has 0 amide bonds. The molecule has 1 heterocycles. The van der Waals surface area contributed by atoms with E-state index in [0.717, 1.165) is 24.0 Å². The molecule has 1 aromatic rings. The first kappa shape index (κ1) is 20.5. The van der Waals surface area contributed by atoms with Crippen molar-refractivity contribution < 1.29 is 0 Å². The second kappa shape index (κ2) is 9.33. The molecule has 0 aromatic carbocycles. The minimum absolute atomic E-state index is 0.0459. The molecule has 1 fully saturated rings. The van der Waals surface area contributed by atoms with Crippen molar-refractivity contribution in [2.24, 2.45) is 12.5 Å². The molecule has 0 spiro atoms. The summed E-state index contributed by atoms with van der Waals surface area (Å²) in [6.07, 6.45) is 18.6. The van der Waals surface area contributed by atoms with Crippen molar-refractivity contribution in [3.05, 3.63) is 28.9 Å². The van der Waals surface area contributed by atoms with Crippen molar-refractivity contribution in [3.8, 4) is 0 Å². The van der Waals surface area contributed by atoms with Gasteiger partial charge in [0.15, 0.2) is 0 Å². The van der Waals surface area contributed by atoms with Gasteiger partial charge in [-0.1, -0.05) is 70.1 Å². The Labute approximate surface area is 168 Å². The van der Waals surface area contributed by atoms with Crippen molar-refractivity contribution in [2.45, 2.75) is 64.8 Å². The standard InChI is InChI=1S/C22H36N4S/c1-22(2)13-12-20(21-18(16-22)17-23-26(21)4)24-27-15-14-25(3)19-10-8-6-5-7-9-11-19/h12-13,16-17,19,24H,5-11,14-15H2,1-4H3. The number of hydrogen-bond donors (Lipinski definition) is 1. The third kappa shape index (κ3) is 5.64. The fraction of sp³-hybridized carbons (Fsp3) is 0.682. The van der Waals surface area contributed by atoms with Crippen LogP contribution in [-0.4, -0.2) is 40.1 Å². The number of fused-ring (bicyclic) bond motifs is 1. The third-order valence-electron chi connectivity index (χ3n) is 5.86. The van der Waals surface area contributed by atoms with Crippen LogP contribution in [0.3, 0.4) is 0 Å². The molecule has 2 aliphatic rings. The summed E-state index contributed by atoms with van der Waals surface area (Å²) in [7, 11) is 4.33. The van der Waals surface area contributed by atoms with Crippen LogP contribution in [-0.2, 0) is 7.05 Å².